The highest BCUT2D eigenvalue weighted by Gasteiger charge is 2.15. The monoisotopic (exact) mass is 297 g/mol. The zero-order valence-corrected chi connectivity index (χ0v) is 12.5. The zero-order valence-electron chi connectivity index (χ0n) is 11.0. The lowest BCUT2D eigenvalue weighted by Crippen LogP contribution is -2.21. The smallest absolute Gasteiger partial charge is 0.0395 e. The Morgan fingerprint density at radius 3 is 2.59 bits per heavy atom. The molecule has 0 amide bonds. The number of halogens is 1. The van der Waals surface area contributed by atoms with Gasteiger partial charge in [0, 0.05) is 10.9 Å². The van der Waals surface area contributed by atoms with Crippen molar-refractivity contribution in [1.82, 2.24) is 5.32 Å². The Hall–Kier alpha value is -0.340. The van der Waals surface area contributed by atoms with Gasteiger partial charge in [0.25, 0.3) is 0 Å². The molecule has 1 saturated heterocycles. The first-order valence-electron chi connectivity index (χ1n) is 6.78. The molecule has 1 nitrogen and oxygen atoms in total. The van der Waals surface area contributed by atoms with Crippen LogP contribution in [0, 0.1) is 0 Å². The number of nitrogens with one attached hydrogen (secondary N) is 1. The zero-order chi connectivity index (χ0) is 12.5. The highest BCUT2D eigenvalue weighted by Crippen LogP contribution is 2.28. The van der Waals surface area contributed by atoms with Gasteiger partial charge in [-0.2, -0.15) is 0 Å². The Morgan fingerprint density at radius 2 is 2.00 bits per heavy atom. The molecule has 1 aliphatic heterocycles. The van der Waals surface area contributed by atoms with Crippen molar-refractivity contribution >= 4 is 15.9 Å². The number of rotatable bonds is 4. The molecule has 2 atom stereocenters. The molecule has 1 N–H and O–H groups in total. The second kappa shape index (κ2) is 8.71. The van der Waals surface area contributed by atoms with Gasteiger partial charge in [-0.05, 0) is 37.8 Å². The van der Waals surface area contributed by atoms with Crippen LogP contribution < -0.4 is 5.32 Å². The molecule has 1 heterocycles. The largest absolute Gasteiger partial charge is 0.314 e. The van der Waals surface area contributed by atoms with Gasteiger partial charge in [0.05, 0.1) is 0 Å². The molecule has 1 aromatic rings. The van der Waals surface area contributed by atoms with Crippen molar-refractivity contribution in [2.24, 2.45) is 0 Å². The molecule has 0 spiro atoms. The van der Waals surface area contributed by atoms with Crippen LogP contribution in [0.2, 0.25) is 0 Å². The Kier molecular flexibility index (Phi) is 7.54. The molecule has 17 heavy (non-hydrogen) atoms. The van der Waals surface area contributed by atoms with Gasteiger partial charge < -0.3 is 5.32 Å². The Bertz CT molecular complexity index is 280. The lowest BCUT2D eigenvalue weighted by Gasteiger charge is -2.14. The van der Waals surface area contributed by atoms with Gasteiger partial charge in [0.1, 0.15) is 0 Å². The quantitative estimate of drug-likeness (QED) is 0.796. The summed E-state index contributed by atoms with van der Waals surface area (Å²) in [6, 6.07) is 11.4. The average Bonchev–Trinajstić information content (AvgIpc) is 2.92. The minimum Gasteiger partial charge on any atom is -0.314 e. The fourth-order valence-corrected chi connectivity index (χ4v) is 2.75. The Labute approximate surface area is 114 Å². The van der Waals surface area contributed by atoms with Crippen LogP contribution in [0.3, 0.4) is 0 Å². The molecule has 0 aromatic heterocycles. The maximum atomic E-state index is 3.77. The van der Waals surface area contributed by atoms with Crippen LogP contribution in [0.15, 0.2) is 30.3 Å². The summed E-state index contributed by atoms with van der Waals surface area (Å²) in [5.74, 6) is 0. The van der Waals surface area contributed by atoms with Crippen LogP contribution in [0.5, 0.6) is 0 Å². The first kappa shape index (κ1) is 14.7. The SMILES string of the molecule is BrC(CCC1CCCN1)c1ccccc1.CC. The van der Waals surface area contributed by atoms with E-state index < -0.39 is 0 Å². The van der Waals surface area contributed by atoms with Crippen LogP contribution in [0.25, 0.3) is 0 Å². The van der Waals surface area contributed by atoms with Gasteiger partial charge in [-0.1, -0.05) is 60.1 Å². The third-order valence-electron chi connectivity index (χ3n) is 3.09. The van der Waals surface area contributed by atoms with Crippen molar-refractivity contribution in [3.8, 4) is 0 Å². The first-order valence-corrected chi connectivity index (χ1v) is 7.70. The van der Waals surface area contributed by atoms with E-state index >= 15 is 0 Å². The van der Waals surface area contributed by atoms with Gasteiger partial charge in [0.2, 0.25) is 0 Å². The maximum Gasteiger partial charge on any atom is 0.0395 e. The summed E-state index contributed by atoms with van der Waals surface area (Å²) in [6.07, 6.45) is 5.21. The molecule has 0 bridgehead atoms. The second-order valence-electron chi connectivity index (χ2n) is 4.25. The van der Waals surface area contributed by atoms with Crippen LogP contribution in [0.4, 0.5) is 0 Å². The molecule has 1 aromatic carbocycles. The minimum atomic E-state index is 0.515. The summed E-state index contributed by atoms with van der Waals surface area (Å²) in [7, 11) is 0. The summed E-state index contributed by atoms with van der Waals surface area (Å²) >= 11 is 3.77. The molecule has 1 aliphatic rings. The maximum absolute atomic E-state index is 3.77. The fourth-order valence-electron chi connectivity index (χ4n) is 2.18. The summed E-state index contributed by atoms with van der Waals surface area (Å²) < 4.78 is 0. The van der Waals surface area contributed by atoms with Crippen molar-refractivity contribution < 1.29 is 0 Å². The Morgan fingerprint density at radius 1 is 1.29 bits per heavy atom. The van der Waals surface area contributed by atoms with Crippen molar-refractivity contribution in [3.63, 3.8) is 0 Å². The number of alkyl halides is 1. The molecule has 96 valence electrons. The van der Waals surface area contributed by atoms with E-state index in [1.807, 2.05) is 13.8 Å². The summed E-state index contributed by atoms with van der Waals surface area (Å²) in [5.41, 5.74) is 1.40. The van der Waals surface area contributed by atoms with Crippen molar-refractivity contribution in [2.45, 2.75) is 50.4 Å². The predicted molar refractivity (Wildman–Crippen MR) is 79.7 cm³/mol. The van der Waals surface area contributed by atoms with Crippen molar-refractivity contribution in [1.29, 1.82) is 0 Å². The van der Waals surface area contributed by atoms with Crippen LogP contribution >= 0.6 is 15.9 Å². The molecule has 0 aliphatic carbocycles. The summed E-state index contributed by atoms with van der Waals surface area (Å²) in [5, 5.41) is 3.54. The van der Waals surface area contributed by atoms with E-state index in [9.17, 15) is 0 Å². The number of benzene rings is 1. The van der Waals surface area contributed by atoms with E-state index in [1.165, 1.54) is 37.8 Å². The molecule has 2 unspecified atom stereocenters. The lowest BCUT2D eigenvalue weighted by molar-refractivity contribution is 0.535. The predicted octanol–water partition coefficient (Wildman–Crippen LogP) is 4.68. The minimum absolute atomic E-state index is 0.515. The molecular formula is C15H24BrN. The van der Waals surface area contributed by atoms with Crippen LogP contribution in [-0.4, -0.2) is 12.6 Å². The van der Waals surface area contributed by atoms with Crippen molar-refractivity contribution in [2.75, 3.05) is 6.54 Å². The van der Waals surface area contributed by atoms with E-state index in [1.54, 1.807) is 0 Å². The summed E-state index contributed by atoms with van der Waals surface area (Å²) in [4.78, 5) is 0.515. The highest BCUT2D eigenvalue weighted by molar-refractivity contribution is 9.09. The number of hydrogen-bond donors (Lipinski definition) is 1. The van der Waals surface area contributed by atoms with Crippen LogP contribution in [-0.2, 0) is 0 Å². The van der Waals surface area contributed by atoms with Gasteiger partial charge in [-0.3, -0.25) is 0 Å². The van der Waals surface area contributed by atoms with E-state index in [0.29, 0.717) is 4.83 Å². The molecule has 2 rings (SSSR count). The fraction of sp³-hybridized carbons (Fsp3) is 0.600. The normalized spacial score (nSPS) is 20.5. The molecule has 1 fully saturated rings. The van der Waals surface area contributed by atoms with Gasteiger partial charge in [0.15, 0.2) is 0 Å². The third-order valence-corrected chi connectivity index (χ3v) is 4.08. The van der Waals surface area contributed by atoms with E-state index in [0.717, 1.165) is 6.04 Å². The Balaban J connectivity index is 0.000000686. The van der Waals surface area contributed by atoms with Gasteiger partial charge in [-0.25, -0.2) is 0 Å². The van der Waals surface area contributed by atoms with E-state index in [-0.39, 0.29) is 0 Å². The molecule has 0 radical (unpaired) electrons. The first-order chi connectivity index (χ1) is 8.36. The second-order valence-corrected chi connectivity index (χ2v) is 5.35. The van der Waals surface area contributed by atoms with Crippen molar-refractivity contribution in [3.05, 3.63) is 35.9 Å². The standard InChI is InChI=1S/C13H18BrN.C2H6/c14-13(11-5-2-1-3-6-11)9-8-12-7-4-10-15-12;1-2/h1-3,5-6,12-13,15H,4,7-10H2;1-2H3. The average molecular weight is 298 g/mol. The van der Waals surface area contributed by atoms with Gasteiger partial charge >= 0.3 is 0 Å². The summed E-state index contributed by atoms with van der Waals surface area (Å²) in [6.45, 7) is 5.21. The topological polar surface area (TPSA) is 12.0 Å². The molecule has 0 saturated carbocycles. The highest BCUT2D eigenvalue weighted by atomic mass is 79.9. The van der Waals surface area contributed by atoms with Gasteiger partial charge in [-0.15, -0.1) is 0 Å². The molecule has 2 heteroatoms. The number of hydrogen-bond acceptors (Lipinski definition) is 1. The molecular weight excluding hydrogens is 274 g/mol. The van der Waals surface area contributed by atoms with E-state index in [4.69, 9.17) is 0 Å². The van der Waals surface area contributed by atoms with Crippen LogP contribution in [0.1, 0.15) is 49.9 Å². The van der Waals surface area contributed by atoms with E-state index in [2.05, 4.69) is 51.6 Å². The lowest BCUT2D eigenvalue weighted by atomic mass is 10.0. The third kappa shape index (κ3) is 5.22.